The number of hydrogen-bond acceptors (Lipinski definition) is 3. The minimum Gasteiger partial charge on any atom is -0.380 e. The van der Waals surface area contributed by atoms with Crippen LogP contribution in [0.5, 0.6) is 0 Å². The van der Waals surface area contributed by atoms with E-state index >= 15 is 0 Å². The third-order valence-corrected chi connectivity index (χ3v) is 2.26. The SMILES string of the molecule is COCc1cc([N+](=O)[O-])ccc1C(C)C. The van der Waals surface area contributed by atoms with Crippen LogP contribution >= 0.6 is 0 Å². The van der Waals surface area contributed by atoms with Gasteiger partial charge in [-0.2, -0.15) is 0 Å². The molecular weight excluding hydrogens is 194 g/mol. The Morgan fingerprint density at radius 3 is 2.60 bits per heavy atom. The van der Waals surface area contributed by atoms with Gasteiger partial charge in [0.15, 0.2) is 0 Å². The maximum atomic E-state index is 10.6. The van der Waals surface area contributed by atoms with E-state index < -0.39 is 0 Å². The smallest absolute Gasteiger partial charge is 0.269 e. The largest absolute Gasteiger partial charge is 0.380 e. The van der Waals surface area contributed by atoms with E-state index in [1.54, 1.807) is 19.2 Å². The summed E-state index contributed by atoms with van der Waals surface area (Å²) < 4.78 is 5.03. The number of benzene rings is 1. The van der Waals surface area contributed by atoms with E-state index in [4.69, 9.17) is 4.74 Å². The first-order chi connectivity index (χ1) is 7.06. The van der Waals surface area contributed by atoms with Gasteiger partial charge in [0.2, 0.25) is 0 Å². The summed E-state index contributed by atoms with van der Waals surface area (Å²) in [4.78, 5) is 10.2. The molecule has 0 aliphatic rings. The van der Waals surface area contributed by atoms with Crippen LogP contribution in [0, 0.1) is 10.1 Å². The molecule has 1 aromatic carbocycles. The Labute approximate surface area is 89.0 Å². The van der Waals surface area contributed by atoms with Crippen molar-refractivity contribution in [3.63, 3.8) is 0 Å². The number of ether oxygens (including phenoxy) is 1. The number of nitro benzene ring substituents is 1. The molecule has 1 rings (SSSR count). The molecule has 0 unspecified atom stereocenters. The Morgan fingerprint density at radius 2 is 2.13 bits per heavy atom. The fraction of sp³-hybridized carbons (Fsp3) is 0.455. The van der Waals surface area contributed by atoms with Crippen molar-refractivity contribution >= 4 is 5.69 Å². The minimum absolute atomic E-state index is 0.117. The predicted octanol–water partition coefficient (Wildman–Crippen LogP) is 2.86. The van der Waals surface area contributed by atoms with Crippen molar-refractivity contribution in [1.82, 2.24) is 0 Å². The third-order valence-electron chi connectivity index (χ3n) is 2.26. The summed E-state index contributed by atoms with van der Waals surface area (Å²) in [5.41, 5.74) is 2.11. The molecule has 15 heavy (non-hydrogen) atoms. The molecule has 0 aliphatic heterocycles. The van der Waals surface area contributed by atoms with Gasteiger partial charge in [0.05, 0.1) is 11.5 Å². The van der Waals surface area contributed by atoms with E-state index in [1.807, 2.05) is 0 Å². The molecule has 1 aromatic rings. The Hall–Kier alpha value is -1.42. The Morgan fingerprint density at radius 1 is 1.47 bits per heavy atom. The van der Waals surface area contributed by atoms with Gasteiger partial charge in [-0.05, 0) is 17.0 Å². The molecule has 0 fully saturated rings. The summed E-state index contributed by atoms with van der Waals surface area (Å²) in [6.45, 7) is 4.52. The molecule has 4 nitrogen and oxygen atoms in total. The van der Waals surface area contributed by atoms with Gasteiger partial charge in [-0.3, -0.25) is 10.1 Å². The van der Waals surface area contributed by atoms with Crippen LogP contribution in [0.2, 0.25) is 0 Å². The predicted molar refractivity (Wildman–Crippen MR) is 57.9 cm³/mol. The van der Waals surface area contributed by atoms with Gasteiger partial charge in [0.25, 0.3) is 5.69 Å². The van der Waals surface area contributed by atoms with Crippen LogP contribution in [0.4, 0.5) is 5.69 Å². The first-order valence-corrected chi connectivity index (χ1v) is 4.82. The van der Waals surface area contributed by atoms with Crippen molar-refractivity contribution in [1.29, 1.82) is 0 Å². The van der Waals surface area contributed by atoms with Crippen molar-refractivity contribution in [2.45, 2.75) is 26.4 Å². The summed E-state index contributed by atoms with van der Waals surface area (Å²) >= 11 is 0. The molecule has 0 aromatic heterocycles. The van der Waals surface area contributed by atoms with Crippen LogP contribution in [0.25, 0.3) is 0 Å². The summed E-state index contributed by atoms with van der Waals surface area (Å²) in [5, 5.41) is 10.6. The number of nitro groups is 1. The molecule has 0 radical (unpaired) electrons. The molecule has 82 valence electrons. The lowest BCUT2D eigenvalue weighted by Crippen LogP contribution is -1.99. The molecule has 0 saturated carbocycles. The van der Waals surface area contributed by atoms with E-state index in [-0.39, 0.29) is 10.6 Å². The van der Waals surface area contributed by atoms with Gasteiger partial charge in [0, 0.05) is 19.2 Å². The highest BCUT2D eigenvalue weighted by molar-refractivity contribution is 5.40. The number of hydrogen-bond donors (Lipinski definition) is 0. The summed E-state index contributed by atoms with van der Waals surface area (Å²) in [6.07, 6.45) is 0. The molecule has 4 heteroatoms. The maximum Gasteiger partial charge on any atom is 0.269 e. The molecule has 0 bridgehead atoms. The van der Waals surface area contributed by atoms with E-state index in [0.717, 1.165) is 11.1 Å². The molecule has 0 saturated heterocycles. The summed E-state index contributed by atoms with van der Waals surface area (Å²) in [5.74, 6) is 0.343. The van der Waals surface area contributed by atoms with Crippen molar-refractivity contribution in [2.24, 2.45) is 0 Å². The zero-order valence-electron chi connectivity index (χ0n) is 9.19. The van der Waals surface area contributed by atoms with Crippen molar-refractivity contribution < 1.29 is 9.66 Å². The standard InChI is InChI=1S/C11H15NO3/c1-8(2)11-5-4-10(12(13)14)6-9(11)7-15-3/h4-6,8H,7H2,1-3H3. The molecule has 0 N–H and O–H groups in total. The fourth-order valence-electron chi connectivity index (χ4n) is 1.55. The first-order valence-electron chi connectivity index (χ1n) is 4.82. The second-order valence-corrected chi connectivity index (χ2v) is 3.73. The van der Waals surface area contributed by atoms with Crippen LogP contribution < -0.4 is 0 Å². The molecule has 0 atom stereocenters. The number of rotatable bonds is 4. The highest BCUT2D eigenvalue weighted by Gasteiger charge is 2.12. The average molecular weight is 209 g/mol. The topological polar surface area (TPSA) is 52.4 Å². The van der Waals surface area contributed by atoms with Gasteiger partial charge in [-0.15, -0.1) is 0 Å². The lowest BCUT2D eigenvalue weighted by molar-refractivity contribution is -0.385. The van der Waals surface area contributed by atoms with Gasteiger partial charge >= 0.3 is 0 Å². The monoisotopic (exact) mass is 209 g/mol. The highest BCUT2D eigenvalue weighted by atomic mass is 16.6. The minimum atomic E-state index is -0.386. The van der Waals surface area contributed by atoms with Crippen molar-refractivity contribution in [3.8, 4) is 0 Å². The average Bonchev–Trinajstić information content (AvgIpc) is 2.17. The van der Waals surface area contributed by atoms with Gasteiger partial charge < -0.3 is 4.74 Å². The zero-order valence-corrected chi connectivity index (χ0v) is 9.19. The van der Waals surface area contributed by atoms with Gasteiger partial charge in [-0.1, -0.05) is 19.9 Å². The van der Waals surface area contributed by atoms with Gasteiger partial charge in [0.1, 0.15) is 0 Å². The quantitative estimate of drug-likeness (QED) is 0.566. The molecule has 0 heterocycles. The molecule has 0 aliphatic carbocycles. The Bertz CT molecular complexity index is 361. The second-order valence-electron chi connectivity index (χ2n) is 3.73. The van der Waals surface area contributed by atoms with Crippen molar-refractivity contribution in [2.75, 3.05) is 7.11 Å². The van der Waals surface area contributed by atoms with Gasteiger partial charge in [-0.25, -0.2) is 0 Å². The lowest BCUT2D eigenvalue weighted by atomic mass is 9.97. The summed E-state index contributed by atoms with van der Waals surface area (Å²) in [6, 6.07) is 4.92. The Balaban J connectivity index is 3.14. The van der Waals surface area contributed by atoms with Crippen molar-refractivity contribution in [3.05, 3.63) is 39.4 Å². The van der Waals surface area contributed by atoms with Crippen LogP contribution in [0.15, 0.2) is 18.2 Å². The first kappa shape index (κ1) is 11.7. The molecule has 0 spiro atoms. The third kappa shape index (κ3) is 2.76. The van der Waals surface area contributed by atoms with E-state index in [0.29, 0.717) is 12.5 Å². The normalized spacial score (nSPS) is 10.7. The maximum absolute atomic E-state index is 10.6. The molecule has 0 amide bonds. The molecular formula is C11H15NO3. The van der Waals surface area contributed by atoms with Crippen LogP contribution in [0.3, 0.4) is 0 Å². The van der Waals surface area contributed by atoms with Crippen LogP contribution in [-0.2, 0) is 11.3 Å². The number of methoxy groups -OCH3 is 1. The number of nitrogens with zero attached hydrogens (tertiary/aromatic N) is 1. The summed E-state index contributed by atoms with van der Waals surface area (Å²) in [7, 11) is 1.59. The zero-order chi connectivity index (χ0) is 11.4. The highest BCUT2D eigenvalue weighted by Crippen LogP contribution is 2.24. The number of non-ortho nitro benzene ring substituents is 1. The van der Waals surface area contributed by atoms with E-state index in [2.05, 4.69) is 13.8 Å². The van der Waals surface area contributed by atoms with Crippen LogP contribution in [-0.4, -0.2) is 12.0 Å². The van der Waals surface area contributed by atoms with Crippen LogP contribution in [0.1, 0.15) is 30.9 Å². The fourth-order valence-corrected chi connectivity index (χ4v) is 1.55. The Kier molecular flexibility index (Phi) is 3.80. The van der Waals surface area contributed by atoms with E-state index in [1.165, 1.54) is 6.07 Å². The van der Waals surface area contributed by atoms with E-state index in [9.17, 15) is 10.1 Å². The second kappa shape index (κ2) is 4.89. The lowest BCUT2D eigenvalue weighted by Gasteiger charge is -2.11.